The van der Waals surface area contributed by atoms with Crippen LogP contribution in [0.4, 0.5) is 0 Å². The fraction of sp³-hybridized carbons (Fsp3) is 0.700. The van der Waals surface area contributed by atoms with Gasteiger partial charge in [-0.2, -0.15) is 5.10 Å². The molecule has 82 valence electrons. The lowest BCUT2D eigenvalue weighted by molar-refractivity contribution is 0.336. The maximum absolute atomic E-state index is 4.69. The van der Waals surface area contributed by atoms with Gasteiger partial charge in [-0.3, -0.25) is 4.68 Å². The SMILES string of the molecule is Brc1c2c(nn1C1CCNCC1)CNC2. The molecule has 0 spiro atoms. The monoisotopic (exact) mass is 270 g/mol. The van der Waals surface area contributed by atoms with Gasteiger partial charge in [0.05, 0.1) is 11.7 Å². The highest BCUT2D eigenvalue weighted by molar-refractivity contribution is 9.10. The predicted octanol–water partition coefficient (Wildman–Crippen LogP) is 1.17. The van der Waals surface area contributed by atoms with Crippen LogP contribution >= 0.6 is 15.9 Å². The Bertz CT molecular complexity index is 368. The summed E-state index contributed by atoms with van der Waals surface area (Å²) in [4.78, 5) is 0. The van der Waals surface area contributed by atoms with Gasteiger partial charge in [-0.15, -0.1) is 0 Å². The third kappa shape index (κ3) is 1.62. The van der Waals surface area contributed by atoms with Crippen molar-refractivity contribution >= 4 is 15.9 Å². The molecule has 2 aliphatic heterocycles. The molecule has 0 radical (unpaired) electrons. The molecule has 2 aliphatic rings. The lowest BCUT2D eigenvalue weighted by atomic mass is 10.1. The summed E-state index contributed by atoms with van der Waals surface area (Å²) < 4.78 is 3.38. The molecule has 3 rings (SSSR count). The Morgan fingerprint density at radius 3 is 2.73 bits per heavy atom. The van der Waals surface area contributed by atoms with Crippen molar-refractivity contribution in [2.45, 2.75) is 32.0 Å². The van der Waals surface area contributed by atoms with E-state index < -0.39 is 0 Å². The van der Waals surface area contributed by atoms with Crippen LogP contribution in [0.1, 0.15) is 30.1 Å². The number of nitrogens with one attached hydrogen (secondary N) is 2. The molecule has 0 aliphatic carbocycles. The third-order valence-corrected chi connectivity index (χ3v) is 4.12. The first kappa shape index (κ1) is 9.81. The topological polar surface area (TPSA) is 41.9 Å². The van der Waals surface area contributed by atoms with Gasteiger partial charge >= 0.3 is 0 Å². The summed E-state index contributed by atoms with van der Waals surface area (Å²) in [5, 5.41) is 11.4. The van der Waals surface area contributed by atoms with Crippen LogP contribution in [0, 0.1) is 0 Å². The van der Waals surface area contributed by atoms with Crippen molar-refractivity contribution in [3.8, 4) is 0 Å². The van der Waals surface area contributed by atoms with E-state index in [1.54, 1.807) is 0 Å². The first-order chi connectivity index (χ1) is 7.36. The minimum Gasteiger partial charge on any atom is -0.317 e. The van der Waals surface area contributed by atoms with Crippen LogP contribution in [0.5, 0.6) is 0 Å². The Kier molecular flexibility index (Phi) is 2.54. The average Bonchev–Trinajstić information content (AvgIpc) is 2.83. The van der Waals surface area contributed by atoms with E-state index >= 15 is 0 Å². The Morgan fingerprint density at radius 1 is 1.20 bits per heavy atom. The van der Waals surface area contributed by atoms with Crippen LogP contribution in [0.25, 0.3) is 0 Å². The maximum atomic E-state index is 4.69. The molecule has 1 saturated heterocycles. The predicted molar refractivity (Wildman–Crippen MR) is 61.6 cm³/mol. The zero-order valence-corrected chi connectivity index (χ0v) is 10.2. The Hall–Kier alpha value is -0.390. The van der Waals surface area contributed by atoms with Gasteiger partial charge in [0.25, 0.3) is 0 Å². The van der Waals surface area contributed by atoms with Crippen LogP contribution < -0.4 is 10.6 Å². The number of hydrogen-bond acceptors (Lipinski definition) is 3. The number of aromatic nitrogens is 2. The highest BCUT2D eigenvalue weighted by Crippen LogP contribution is 2.30. The molecule has 0 atom stereocenters. The summed E-state index contributed by atoms with van der Waals surface area (Å²) in [7, 11) is 0. The van der Waals surface area contributed by atoms with E-state index in [4.69, 9.17) is 5.10 Å². The molecule has 0 saturated carbocycles. The summed E-state index contributed by atoms with van der Waals surface area (Å²) in [5.74, 6) is 0. The second kappa shape index (κ2) is 3.88. The number of fused-ring (bicyclic) bond motifs is 1. The van der Waals surface area contributed by atoms with Gasteiger partial charge in [0.2, 0.25) is 0 Å². The average molecular weight is 271 g/mol. The molecule has 5 heteroatoms. The molecular formula is C10H15BrN4. The summed E-state index contributed by atoms with van der Waals surface area (Å²) in [5.41, 5.74) is 2.58. The highest BCUT2D eigenvalue weighted by Gasteiger charge is 2.25. The first-order valence-corrected chi connectivity index (χ1v) is 6.33. The molecule has 2 N–H and O–H groups in total. The quantitative estimate of drug-likeness (QED) is 0.805. The van der Waals surface area contributed by atoms with E-state index in [9.17, 15) is 0 Å². The van der Waals surface area contributed by atoms with Gasteiger partial charge in [0.15, 0.2) is 0 Å². The minimum atomic E-state index is 0.575. The summed E-state index contributed by atoms with van der Waals surface area (Å²) in [6, 6.07) is 0.575. The van der Waals surface area contributed by atoms with E-state index in [2.05, 4.69) is 31.2 Å². The molecule has 1 aromatic rings. The first-order valence-electron chi connectivity index (χ1n) is 5.53. The normalized spacial score (nSPS) is 21.9. The highest BCUT2D eigenvalue weighted by atomic mass is 79.9. The molecule has 0 bridgehead atoms. The second-order valence-electron chi connectivity index (χ2n) is 4.25. The summed E-state index contributed by atoms with van der Waals surface area (Å²) in [6.45, 7) is 4.10. The van der Waals surface area contributed by atoms with Crippen molar-refractivity contribution in [3.63, 3.8) is 0 Å². The van der Waals surface area contributed by atoms with Gasteiger partial charge in [0.1, 0.15) is 4.60 Å². The molecule has 1 aromatic heterocycles. The largest absolute Gasteiger partial charge is 0.317 e. The van der Waals surface area contributed by atoms with Crippen molar-refractivity contribution in [1.29, 1.82) is 0 Å². The van der Waals surface area contributed by atoms with Gasteiger partial charge in [0, 0.05) is 18.7 Å². The Labute approximate surface area is 97.5 Å². The van der Waals surface area contributed by atoms with Crippen molar-refractivity contribution in [2.75, 3.05) is 13.1 Å². The van der Waals surface area contributed by atoms with Crippen molar-refractivity contribution in [3.05, 3.63) is 15.9 Å². The van der Waals surface area contributed by atoms with Crippen LogP contribution in [0.3, 0.4) is 0 Å². The van der Waals surface area contributed by atoms with Gasteiger partial charge in [-0.05, 0) is 41.9 Å². The molecule has 0 unspecified atom stereocenters. The standard InChI is InChI=1S/C10H15BrN4/c11-10-8-5-13-6-9(8)14-15(10)7-1-3-12-4-2-7/h7,12-13H,1-6H2. The van der Waals surface area contributed by atoms with E-state index in [1.807, 2.05) is 0 Å². The fourth-order valence-corrected chi connectivity index (χ4v) is 3.15. The van der Waals surface area contributed by atoms with Crippen molar-refractivity contribution in [1.82, 2.24) is 20.4 Å². The molecule has 1 fully saturated rings. The summed E-state index contributed by atoms with van der Waals surface area (Å²) in [6.07, 6.45) is 2.37. The van der Waals surface area contributed by atoms with E-state index in [1.165, 1.54) is 28.7 Å². The van der Waals surface area contributed by atoms with Crippen molar-refractivity contribution in [2.24, 2.45) is 0 Å². The lowest BCUT2D eigenvalue weighted by Gasteiger charge is -2.24. The Morgan fingerprint density at radius 2 is 2.00 bits per heavy atom. The summed E-state index contributed by atoms with van der Waals surface area (Å²) >= 11 is 3.68. The van der Waals surface area contributed by atoms with Crippen LogP contribution in [0.2, 0.25) is 0 Å². The Balaban J connectivity index is 1.91. The van der Waals surface area contributed by atoms with E-state index in [0.29, 0.717) is 6.04 Å². The maximum Gasteiger partial charge on any atom is 0.109 e. The second-order valence-corrected chi connectivity index (χ2v) is 5.00. The molecule has 0 amide bonds. The number of halogens is 1. The fourth-order valence-electron chi connectivity index (χ4n) is 2.41. The van der Waals surface area contributed by atoms with Crippen LogP contribution in [0.15, 0.2) is 4.60 Å². The van der Waals surface area contributed by atoms with Gasteiger partial charge in [-0.1, -0.05) is 0 Å². The number of rotatable bonds is 1. The van der Waals surface area contributed by atoms with Crippen LogP contribution in [-0.2, 0) is 13.1 Å². The lowest BCUT2D eigenvalue weighted by Crippen LogP contribution is -2.30. The minimum absolute atomic E-state index is 0.575. The smallest absolute Gasteiger partial charge is 0.109 e. The molecule has 3 heterocycles. The zero-order valence-electron chi connectivity index (χ0n) is 8.59. The number of piperidine rings is 1. The van der Waals surface area contributed by atoms with Gasteiger partial charge < -0.3 is 10.6 Å². The van der Waals surface area contributed by atoms with Crippen molar-refractivity contribution < 1.29 is 0 Å². The molecule has 0 aromatic carbocycles. The number of nitrogens with zero attached hydrogens (tertiary/aromatic N) is 2. The molecule has 15 heavy (non-hydrogen) atoms. The molecule has 4 nitrogen and oxygen atoms in total. The van der Waals surface area contributed by atoms with E-state index in [-0.39, 0.29) is 0 Å². The zero-order chi connectivity index (χ0) is 10.3. The number of hydrogen-bond donors (Lipinski definition) is 2. The van der Waals surface area contributed by atoms with Gasteiger partial charge in [-0.25, -0.2) is 0 Å². The van der Waals surface area contributed by atoms with Crippen LogP contribution in [-0.4, -0.2) is 22.9 Å². The molecular weight excluding hydrogens is 256 g/mol. The van der Waals surface area contributed by atoms with E-state index in [0.717, 1.165) is 26.2 Å². The third-order valence-electron chi connectivity index (χ3n) is 3.28.